The Labute approximate surface area is 116 Å². The van der Waals surface area contributed by atoms with Crippen molar-refractivity contribution in [3.63, 3.8) is 0 Å². The third-order valence-corrected chi connectivity index (χ3v) is 2.56. The molecule has 0 atom stereocenters. The predicted molar refractivity (Wildman–Crippen MR) is 76.7 cm³/mol. The van der Waals surface area contributed by atoms with Crippen molar-refractivity contribution < 1.29 is 9.53 Å². The van der Waals surface area contributed by atoms with Gasteiger partial charge in [0.25, 0.3) is 0 Å². The zero-order valence-electron chi connectivity index (χ0n) is 10.1. The van der Waals surface area contributed by atoms with E-state index in [2.05, 4.69) is 22.4 Å². The Bertz CT molecular complexity index is 619. The molecule has 19 heavy (non-hydrogen) atoms. The van der Waals surface area contributed by atoms with Crippen LogP contribution in [-0.2, 0) is 11.3 Å². The smallest absolute Gasteiger partial charge is 0.338 e. The highest BCUT2D eigenvalue weighted by atomic mass is 32.1. The number of aliphatic imine (C=N–C) groups is 1. The second kappa shape index (κ2) is 6.59. The standard InChI is InChI=1S/C15H11NO2S/c17-15(18-10-12-5-2-1-3-6-12)13-7-4-8-14(9-13)16-11-19/h1-9H,10H2. The molecule has 94 valence electrons. The van der Waals surface area contributed by atoms with E-state index < -0.39 is 0 Å². The number of hydrogen-bond acceptors (Lipinski definition) is 4. The van der Waals surface area contributed by atoms with Gasteiger partial charge in [0.2, 0.25) is 0 Å². The predicted octanol–water partition coefficient (Wildman–Crippen LogP) is 3.78. The number of benzene rings is 2. The molecule has 0 unspecified atom stereocenters. The first kappa shape index (κ1) is 13.1. The molecule has 2 aromatic carbocycles. The molecule has 2 rings (SSSR count). The summed E-state index contributed by atoms with van der Waals surface area (Å²) >= 11 is 4.53. The minimum Gasteiger partial charge on any atom is -0.457 e. The number of esters is 1. The maximum absolute atomic E-state index is 11.9. The summed E-state index contributed by atoms with van der Waals surface area (Å²) in [5.41, 5.74) is 1.98. The van der Waals surface area contributed by atoms with E-state index in [1.54, 1.807) is 24.3 Å². The van der Waals surface area contributed by atoms with Crippen molar-refractivity contribution in [3.05, 3.63) is 65.7 Å². The molecular weight excluding hydrogens is 258 g/mol. The highest BCUT2D eigenvalue weighted by Crippen LogP contribution is 2.14. The van der Waals surface area contributed by atoms with Crippen molar-refractivity contribution >= 4 is 29.0 Å². The summed E-state index contributed by atoms with van der Waals surface area (Å²) in [6.45, 7) is 0.250. The summed E-state index contributed by atoms with van der Waals surface area (Å²) in [5.74, 6) is -0.384. The summed E-state index contributed by atoms with van der Waals surface area (Å²) in [6, 6.07) is 16.3. The molecule has 0 radical (unpaired) electrons. The third-order valence-electron chi connectivity index (χ3n) is 2.47. The molecule has 0 N–H and O–H groups in total. The molecule has 0 aliphatic rings. The van der Waals surface area contributed by atoms with Gasteiger partial charge >= 0.3 is 5.97 Å². The van der Waals surface area contributed by atoms with Crippen molar-refractivity contribution in [3.8, 4) is 0 Å². The van der Waals surface area contributed by atoms with Crippen LogP contribution >= 0.6 is 12.2 Å². The fraction of sp³-hybridized carbons (Fsp3) is 0.0667. The van der Waals surface area contributed by atoms with Gasteiger partial charge in [-0.2, -0.15) is 4.99 Å². The molecule has 0 aromatic heterocycles. The van der Waals surface area contributed by atoms with Crippen LogP contribution in [-0.4, -0.2) is 11.1 Å². The zero-order chi connectivity index (χ0) is 13.5. The molecular formula is C15H11NO2S. The summed E-state index contributed by atoms with van der Waals surface area (Å²) in [5, 5.41) is 2.26. The first-order valence-electron chi connectivity index (χ1n) is 5.68. The monoisotopic (exact) mass is 269 g/mol. The van der Waals surface area contributed by atoms with Crippen molar-refractivity contribution in [1.82, 2.24) is 0 Å². The summed E-state index contributed by atoms with van der Waals surface area (Å²) in [4.78, 5) is 15.7. The van der Waals surface area contributed by atoms with E-state index >= 15 is 0 Å². The van der Waals surface area contributed by atoms with Crippen LogP contribution in [0.1, 0.15) is 15.9 Å². The quantitative estimate of drug-likeness (QED) is 0.481. The van der Waals surface area contributed by atoms with Gasteiger partial charge in [0, 0.05) is 0 Å². The molecule has 4 heteroatoms. The Hall–Kier alpha value is -2.29. The first-order chi connectivity index (χ1) is 9.29. The number of thiocarbonyl (C=S) groups is 1. The number of carbonyl (C=O) groups excluding carboxylic acids is 1. The van der Waals surface area contributed by atoms with Crippen LogP contribution in [0.25, 0.3) is 0 Å². The molecule has 0 bridgehead atoms. The van der Waals surface area contributed by atoms with Crippen LogP contribution in [0.5, 0.6) is 0 Å². The van der Waals surface area contributed by atoms with Gasteiger partial charge in [0.15, 0.2) is 0 Å². The molecule has 0 fully saturated rings. The largest absolute Gasteiger partial charge is 0.457 e. The molecule has 0 saturated heterocycles. The van der Waals surface area contributed by atoms with Crippen LogP contribution in [0.15, 0.2) is 59.6 Å². The summed E-state index contributed by atoms with van der Waals surface area (Å²) < 4.78 is 5.22. The molecule has 0 saturated carbocycles. The summed E-state index contributed by atoms with van der Waals surface area (Å²) in [6.07, 6.45) is 0. The normalized spacial score (nSPS) is 9.47. The van der Waals surface area contributed by atoms with Gasteiger partial charge in [0.1, 0.15) is 6.61 Å². The van der Waals surface area contributed by atoms with Gasteiger partial charge in [-0.3, -0.25) is 0 Å². The van der Waals surface area contributed by atoms with E-state index in [4.69, 9.17) is 4.74 Å². The molecule has 0 spiro atoms. The van der Waals surface area contributed by atoms with Gasteiger partial charge in [-0.25, -0.2) is 4.79 Å². The van der Waals surface area contributed by atoms with E-state index in [0.29, 0.717) is 11.3 Å². The number of isothiocyanates is 1. The lowest BCUT2D eigenvalue weighted by Crippen LogP contribution is -2.04. The maximum Gasteiger partial charge on any atom is 0.338 e. The van der Waals surface area contributed by atoms with Crippen LogP contribution in [0, 0.1) is 0 Å². The molecule has 0 aliphatic carbocycles. The molecule has 2 aromatic rings. The number of nitrogens with zero attached hydrogens (tertiary/aromatic N) is 1. The zero-order valence-corrected chi connectivity index (χ0v) is 10.9. The van der Waals surface area contributed by atoms with Crippen molar-refractivity contribution in [2.24, 2.45) is 4.99 Å². The lowest BCUT2D eigenvalue weighted by molar-refractivity contribution is 0.0473. The summed E-state index contributed by atoms with van der Waals surface area (Å²) in [7, 11) is 0. The number of carbonyl (C=O) groups is 1. The Morgan fingerprint density at radius 3 is 2.68 bits per heavy atom. The van der Waals surface area contributed by atoms with Crippen LogP contribution in [0.4, 0.5) is 5.69 Å². The van der Waals surface area contributed by atoms with Gasteiger partial charge in [0.05, 0.1) is 16.4 Å². The molecule has 0 amide bonds. The van der Waals surface area contributed by atoms with E-state index in [9.17, 15) is 4.79 Å². The second-order valence-corrected chi connectivity index (χ2v) is 4.00. The molecule has 0 heterocycles. The van der Waals surface area contributed by atoms with Crippen molar-refractivity contribution in [1.29, 1.82) is 0 Å². The number of rotatable bonds is 4. The van der Waals surface area contributed by atoms with Crippen LogP contribution in [0.3, 0.4) is 0 Å². The lowest BCUT2D eigenvalue weighted by Gasteiger charge is -2.05. The fourth-order valence-electron chi connectivity index (χ4n) is 1.56. The fourth-order valence-corrected chi connectivity index (χ4v) is 1.67. The molecule has 3 nitrogen and oxygen atoms in total. The van der Waals surface area contributed by atoms with Gasteiger partial charge in [-0.15, -0.1) is 0 Å². The second-order valence-electron chi connectivity index (χ2n) is 3.82. The first-order valence-corrected chi connectivity index (χ1v) is 6.09. The van der Waals surface area contributed by atoms with E-state index in [0.717, 1.165) is 5.56 Å². The minimum absolute atomic E-state index is 0.250. The molecule has 0 aliphatic heterocycles. The van der Waals surface area contributed by atoms with Gasteiger partial charge in [-0.05, 0) is 36.0 Å². The average molecular weight is 269 g/mol. The van der Waals surface area contributed by atoms with Gasteiger partial charge < -0.3 is 4.74 Å². The van der Waals surface area contributed by atoms with Crippen LogP contribution < -0.4 is 0 Å². The minimum atomic E-state index is -0.384. The average Bonchev–Trinajstić information content (AvgIpc) is 2.46. The Morgan fingerprint density at radius 2 is 1.95 bits per heavy atom. The third kappa shape index (κ3) is 3.85. The van der Waals surface area contributed by atoms with Crippen molar-refractivity contribution in [2.45, 2.75) is 6.61 Å². The number of ether oxygens (including phenoxy) is 1. The Balaban J connectivity index is 2.04. The topological polar surface area (TPSA) is 38.7 Å². The lowest BCUT2D eigenvalue weighted by atomic mass is 10.2. The van der Waals surface area contributed by atoms with Crippen molar-refractivity contribution in [2.75, 3.05) is 0 Å². The van der Waals surface area contributed by atoms with E-state index in [1.807, 2.05) is 30.3 Å². The maximum atomic E-state index is 11.9. The highest BCUT2D eigenvalue weighted by Gasteiger charge is 2.07. The SMILES string of the molecule is O=C(OCc1ccccc1)c1cccc(N=C=S)c1. The number of hydrogen-bond donors (Lipinski definition) is 0. The Kier molecular flexibility index (Phi) is 4.56. The van der Waals surface area contributed by atoms with E-state index in [-0.39, 0.29) is 12.6 Å². The van der Waals surface area contributed by atoms with Gasteiger partial charge in [-0.1, -0.05) is 36.4 Å². The van der Waals surface area contributed by atoms with E-state index in [1.165, 1.54) is 0 Å². The highest BCUT2D eigenvalue weighted by molar-refractivity contribution is 7.78. The van der Waals surface area contributed by atoms with Crippen LogP contribution in [0.2, 0.25) is 0 Å². The Morgan fingerprint density at radius 1 is 1.16 bits per heavy atom.